The smallest absolute Gasteiger partial charge is 0.293 e. The molecule has 1 aromatic rings. The third kappa shape index (κ3) is 3.14. The summed E-state index contributed by atoms with van der Waals surface area (Å²) in [7, 11) is 0. The molecule has 0 bridgehead atoms. The van der Waals surface area contributed by atoms with E-state index >= 15 is 0 Å². The van der Waals surface area contributed by atoms with Gasteiger partial charge in [0.05, 0.1) is 11.0 Å². The minimum atomic E-state index is -0.475. The van der Waals surface area contributed by atoms with Gasteiger partial charge in [-0.1, -0.05) is 0 Å². The summed E-state index contributed by atoms with van der Waals surface area (Å²) in [6, 6.07) is 4.48. The average molecular weight is 278 g/mol. The fourth-order valence-electron chi connectivity index (χ4n) is 2.36. The number of rotatable bonds is 5. The second-order valence-electron chi connectivity index (χ2n) is 5.03. The Bertz CT molecular complexity index is 524. The van der Waals surface area contributed by atoms with Crippen molar-refractivity contribution in [2.24, 2.45) is 0 Å². The summed E-state index contributed by atoms with van der Waals surface area (Å²) >= 11 is 0. The molecule has 0 radical (unpaired) electrons. The van der Waals surface area contributed by atoms with E-state index in [1.165, 1.54) is 13.0 Å². The number of nitrogens with one attached hydrogen (secondary N) is 1. The molecule has 2 atom stereocenters. The number of anilines is 1. The van der Waals surface area contributed by atoms with Gasteiger partial charge in [-0.05, 0) is 38.8 Å². The van der Waals surface area contributed by atoms with Crippen LogP contribution in [-0.4, -0.2) is 29.5 Å². The van der Waals surface area contributed by atoms with Crippen LogP contribution in [0.25, 0.3) is 0 Å². The van der Waals surface area contributed by atoms with Crippen molar-refractivity contribution in [3.05, 3.63) is 33.9 Å². The van der Waals surface area contributed by atoms with Crippen molar-refractivity contribution in [2.45, 2.75) is 38.8 Å². The third-order valence-corrected chi connectivity index (χ3v) is 3.51. The molecule has 6 heteroatoms. The van der Waals surface area contributed by atoms with Gasteiger partial charge in [0.2, 0.25) is 0 Å². The van der Waals surface area contributed by atoms with Crippen LogP contribution in [0.2, 0.25) is 0 Å². The minimum Gasteiger partial charge on any atom is -0.376 e. The molecule has 1 heterocycles. The number of ketones is 1. The van der Waals surface area contributed by atoms with Gasteiger partial charge in [-0.2, -0.15) is 0 Å². The average Bonchev–Trinajstić information content (AvgIpc) is 2.92. The number of carbonyl (C=O) groups is 1. The summed E-state index contributed by atoms with van der Waals surface area (Å²) in [5, 5.41) is 14.2. The molecule has 0 spiro atoms. The molecule has 1 aliphatic heterocycles. The van der Waals surface area contributed by atoms with E-state index < -0.39 is 4.92 Å². The highest BCUT2D eigenvalue weighted by Crippen LogP contribution is 2.28. The van der Waals surface area contributed by atoms with Crippen molar-refractivity contribution in [3.63, 3.8) is 0 Å². The lowest BCUT2D eigenvalue weighted by Gasteiger charge is -2.21. The maximum atomic E-state index is 11.3. The van der Waals surface area contributed by atoms with Crippen LogP contribution in [0.5, 0.6) is 0 Å². The van der Waals surface area contributed by atoms with Crippen LogP contribution in [0.3, 0.4) is 0 Å². The van der Waals surface area contributed by atoms with Gasteiger partial charge in [-0.25, -0.2) is 0 Å². The van der Waals surface area contributed by atoms with Gasteiger partial charge in [0.15, 0.2) is 5.78 Å². The number of hydrogen-bond donors (Lipinski definition) is 1. The molecule has 1 aliphatic rings. The van der Waals surface area contributed by atoms with E-state index in [0.717, 1.165) is 19.4 Å². The van der Waals surface area contributed by atoms with E-state index in [2.05, 4.69) is 5.32 Å². The molecule has 108 valence electrons. The summed E-state index contributed by atoms with van der Waals surface area (Å²) in [4.78, 5) is 21.9. The van der Waals surface area contributed by atoms with E-state index in [0.29, 0.717) is 11.3 Å². The van der Waals surface area contributed by atoms with E-state index in [9.17, 15) is 14.9 Å². The molecule has 6 nitrogen and oxygen atoms in total. The lowest BCUT2D eigenvalue weighted by Crippen LogP contribution is -2.30. The van der Waals surface area contributed by atoms with Gasteiger partial charge in [-0.15, -0.1) is 0 Å². The first-order valence-electron chi connectivity index (χ1n) is 6.66. The van der Waals surface area contributed by atoms with Crippen molar-refractivity contribution in [1.29, 1.82) is 0 Å². The lowest BCUT2D eigenvalue weighted by molar-refractivity contribution is -0.384. The standard InChI is InChI=1S/C14H18N2O4/c1-9(14-4-3-7-20-14)15-12-6-5-11(10(2)17)8-13(12)16(18)19/h5-6,8-9,14-15H,3-4,7H2,1-2H3/t9-,14+/m1/s1. The Morgan fingerprint density at radius 2 is 2.30 bits per heavy atom. The Labute approximate surface area is 117 Å². The fraction of sp³-hybridized carbons (Fsp3) is 0.500. The summed E-state index contributed by atoms with van der Waals surface area (Å²) in [5.41, 5.74) is 0.678. The van der Waals surface area contributed by atoms with Crippen molar-refractivity contribution in [1.82, 2.24) is 0 Å². The van der Waals surface area contributed by atoms with E-state index in [4.69, 9.17) is 4.74 Å². The molecule has 0 unspecified atom stereocenters. The van der Waals surface area contributed by atoms with Crippen LogP contribution < -0.4 is 5.32 Å². The number of Topliss-reactive ketones (excluding diaryl/α,β-unsaturated/α-hetero) is 1. The molecular weight excluding hydrogens is 260 g/mol. The van der Waals surface area contributed by atoms with E-state index in [-0.39, 0.29) is 23.6 Å². The Kier molecular flexibility index (Phi) is 4.34. The molecule has 1 aromatic carbocycles. The van der Waals surface area contributed by atoms with Gasteiger partial charge in [0.1, 0.15) is 5.69 Å². The maximum absolute atomic E-state index is 11.3. The highest BCUT2D eigenvalue weighted by molar-refractivity contribution is 5.95. The minimum absolute atomic E-state index is 0.0145. The molecule has 20 heavy (non-hydrogen) atoms. The van der Waals surface area contributed by atoms with Crippen molar-refractivity contribution in [2.75, 3.05) is 11.9 Å². The number of benzene rings is 1. The highest BCUT2D eigenvalue weighted by atomic mass is 16.6. The van der Waals surface area contributed by atoms with Crippen LogP contribution in [0, 0.1) is 10.1 Å². The first-order valence-corrected chi connectivity index (χ1v) is 6.66. The second-order valence-corrected chi connectivity index (χ2v) is 5.03. The number of nitro benzene ring substituents is 1. The largest absolute Gasteiger partial charge is 0.376 e. The van der Waals surface area contributed by atoms with Crippen LogP contribution in [-0.2, 0) is 4.74 Å². The lowest BCUT2D eigenvalue weighted by atomic mass is 10.1. The van der Waals surface area contributed by atoms with Crippen molar-refractivity contribution < 1.29 is 14.5 Å². The van der Waals surface area contributed by atoms with Crippen LogP contribution >= 0.6 is 0 Å². The molecule has 1 saturated heterocycles. The topological polar surface area (TPSA) is 81.5 Å². The number of ether oxygens (including phenoxy) is 1. The number of hydrogen-bond acceptors (Lipinski definition) is 5. The zero-order valence-electron chi connectivity index (χ0n) is 11.6. The normalized spacial score (nSPS) is 19.6. The molecular formula is C14H18N2O4. The van der Waals surface area contributed by atoms with Crippen LogP contribution in [0.15, 0.2) is 18.2 Å². The Balaban J connectivity index is 2.21. The Morgan fingerprint density at radius 1 is 1.55 bits per heavy atom. The first-order chi connectivity index (χ1) is 9.49. The monoisotopic (exact) mass is 278 g/mol. The van der Waals surface area contributed by atoms with Crippen LogP contribution in [0.1, 0.15) is 37.0 Å². The van der Waals surface area contributed by atoms with Gasteiger partial charge >= 0.3 is 0 Å². The molecule has 0 aliphatic carbocycles. The zero-order valence-corrected chi connectivity index (χ0v) is 11.6. The SMILES string of the molecule is CC(=O)c1ccc(N[C@H](C)[C@@H]2CCCO2)c([N+](=O)[O-])c1. The van der Waals surface area contributed by atoms with Gasteiger partial charge < -0.3 is 10.1 Å². The molecule has 0 aromatic heterocycles. The van der Waals surface area contributed by atoms with Crippen LogP contribution in [0.4, 0.5) is 11.4 Å². The number of nitrogens with zero attached hydrogens (tertiary/aromatic N) is 1. The summed E-state index contributed by atoms with van der Waals surface area (Å²) in [6.45, 7) is 4.07. The fourth-order valence-corrected chi connectivity index (χ4v) is 2.36. The number of carbonyl (C=O) groups excluding carboxylic acids is 1. The predicted molar refractivity (Wildman–Crippen MR) is 75.2 cm³/mol. The summed E-state index contributed by atoms with van der Waals surface area (Å²) in [6.07, 6.45) is 2.04. The zero-order chi connectivity index (χ0) is 14.7. The molecule has 0 saturated carbocycles. The molecule has 2 rings (SSSR count). The Morgan fingerprint density at radius 3 is 2.85 bits per heavy atom. The second kappa shape index (κ2) is 6.00. The van der Waals surface area contributed by atoms with Crippen molar-refractivity contribution in [3.8, 4) is 0 Å². The number of nitro groups is 1. The molecule has 1 N–H and O–H groups in total. The summed E-state index contributed by atoms with van der Waals surface area (Å²) < 4.78 is 5.56. The maximum Gasteiger partial charge on any atom is 0.293 e. The van der Waals surface area contributed by atoms with E-state index in [1.54, 1.807) is 12.1 Å². The quantitative estimate of drug-likeness (QED) is 0.509. The molecule has 1 fully saturated rings. The third-order valence-electron chi connectivity index (χ3n) is 3.51. The van der Waals surface area contributed by atoms with E-state index in [1.807, 2.05) is 6.92 Å². The molecule has 0 amide bonds. The highest BCUT2D eigenvalue weighted by Gasteiger charge is 2.25. The van der Waals surface area contributed by atoms with Gasteiger partial charge in [0, 0.05) is 24.3 Å². The Hall–Kier alpha value is -1.95. The summed E-state index contributed by atoms with van der Waals surface area (Å²) in [5.74, 6) is -0.188. The van der Waals surface area contributed by atoms with Gasteiger partial charge in [-0.3, -0.25) is 14.9 Å². The first kappa shape index (κ1) is 14.5. The van der Waals surface area contributed by atoms with Crippen molar-refractivity contribution >= 4 is 17.2 Å². The van der Waals surface area contributed by atoms with Gasteiger partial charge in [0.25, 0.3) is 5.69 Å². The predicted octanol–water partition coefficient (Wildman–Crippen LogP) is 2.78.